The summed E-state index contributed by atoms with van der Waals surface area (Å²) in [4.78, 5) is 18.1. The molecule has 5 nitrogen and oxygen atoms in total. The van der Waals surface area contributed by atoms with Crippen molar-refractivity contribution in [2.45, 2.75) is 23.3 Å². The lowest BCUT2D eigenvalue weighted by Crippen LogP contribution is -2.03. The van der Waals surface area contributed by atoms with Crippen LogP contribution >= 0.6 is 23.4 Å². The maximum absolute atomic E-state index is 11.7. The van der Waals surface area contributed by atoms with E-state index in [1.165, 1.54) is 7.11 Å². The molecule has 2 heterocycles. The van der Waals surface area contributed by atoms with Gasteiger partial charge >= 0.3 is 5.97 Å². The van der Waals surface area contributed by atoms with Crippen LogP contribution in [0.5, 0.6) is 0 Å². The zero-order valence-corrected chi connectivity index (χ0v) is 17.5. The van der Waals surface area contributed by atoms with Crippen molar-refractivity contribution >= 4 is 40.1 Å². The molecule has 0 atom stereocenters. The Morgan fingerprint density at radius 2 is 1.90 bits per heavy atom. The normalized spacial score (nSPS) is 11.0. The molecule has 0 amide bonds. The zero-order chi connectivity index (χ0) is 20.4. The van der Waals surface area contributed by atoms with Gasteiger partial charge in [-0.25, -0.2) is 9.78 Å². The number of carbonyl (C=O) groups excluding carboxylic acids is 1. The Labute approximate surface area is 177 Å². The summed E-state index contributed by atoms with van der Waals surface area (Å²) in [5.74, 6) is -0.443. The predicted molar refractivity (Wildman–Crippen MR) is 116 cm³/mol. The van der Waals surface area contributed by atoms with E-state index in [-0.39, 0.29) is 0 Å². The van der Waals surface area contributed by atoms with Gasteiger partial charge < -0.3 is 4.74 Å². The summed E-state index contributed by atoms with van der Waals surface area (Å²) in [5.41, 5.74) is 2.39. The number of aromatic nitrogens is 3. The van der Waals surface area contributed by atoms with Crippen LogP contribution in [0.1, 0.15) is 17.4 Å². The van der Waals surface area contributed by atoms with Crippen molar-refractivity contribution in [2.24, 2.45) is 0 Å². The molecule has 146 valence electrons. The van der Waals surface area contributed by atoms with E-state index in [1.807, 2.05) is 47.3 Å². The van der Waals surface area contributed by atoms with Gasteiger partial charge in [0.2, 0.25) is 0 Å². The van der Waals surface area contributed by atoms with Gasteiger partial charge in [0.05, 0.1) is 23.9 Å². The number of rotatable bonds is 5. The molecule has 4 aromatic rings. The van der Waals surface area contributed by atoms with E-state index in [0.717, 1.165) is 38.4 Å². The summed E-state index contributed by atoms with van der Waals surface area (Å²) in [6.07, 6.45) is 3.59. The van der Waals surface area contributed by atoms with Crippen molar-refractivity contribution in [1.29, 1.82) is 0 Å². The molecule has 0 saturated heterocycles. The van der Waals surface area contributed by atoms with Crippen LogP contribution in [-0.4, -0.2) is 27.8 Å². The molecule has 0 spiro atoms. The number of methoxy groups -OCH3 is 1. The van der Waals surface area contributed by atoms with E-state index in [4.69, 9.17) is 16.3 Å². The number of hydrogen-bond donors (Lipinski definition) is 0. The molecule has 29 heavy (non-hydrogen) atoms. The molecule has 0 bridgehead atoms. The minimum atomic E-state index is -0.443. The molecule has 0 N–H and O–H groups in total. The van der Waals surface area contributed by atoms with Crippen molar-refractivity contribution in [3.63, 3.8) is 0 Å². The number of hydrogen-bond acceptors (Lipinski definition) is 5. The second-order valence-corrected chi connectivity index (χ2v) is 7.90. The fraction of sp³-hybridized carbons (Fsp3) is 0.136. The van der Waals surface area contributed by atoms with Crippen LogP contribution in [0.15, 0.2) is 70.7 Å². The summed E-state index contributed by atoms with van der Waals surface area (Å²) in [6.45, 7) is 2.83. The van der Waals surface area contributed by atoms with Crippen LogP contribution in [0.4, 0.5) is 0 Å². The summed E-state index contributed by atoms with van der Waals surface area (Å²) < 4.78 is 6.74. The second kappa shape index (κ2) is 8.27. The van der Waals surface area contributed by atoms with E-state index in [9.17, 15) is 4.79 Å². The first-order valence-corrected chi connectivity index (χ1v) is 10.3. The Morgan fingerprint density at radius 3 is 2.62 bits per heavy atom. The highest BCUT2D eigenvalue weighted by molar-refractivity contribution is 7.99. The second-order valence-electron chi connectivity index (χ2n) is 6.35. The molecule has 4 rings (SSSR count). The van der Waals surface area contributed by atoms with Gasteiger partial charge in [-0.15, -0.1) is 0 Å². The number of nitrogens with zero attached hydrogens (tertiary/aromatic N) is 3. The van der Waals surface area contributed by atoms with Gasteiger partial charge in [0.15, 0.2) is 0 Å². The Balaban J connectivity index is 1.75. The van der Waals surface area contributed by atoms with E-state index in [2.05, 4.69) is 23.1 Å². The van der Waals surface area contributed by atoms with Gasteiger partial charge in [-0.3, -0.25) is 4.68 Å². The van der Waals surface area contributed by atoms with Crippen LogP contribution < -0.4 is 0 Å². The smallest absolute Gasteiger partial charge is 0.356 e. The third-order valence-electron chi connectivity index (χ3n) is 4.54. The van der Waals surface area contributed by atoms with Gasteiger partial charge in [0.25, 0.3) is 0 Å². The number of fused-ring (bicyclic) bond motifs is 1. The first-order valence-electron chi connectivity index (χ1n) is 9.06. The molecular formula is C22H18ClN3O2S. The highest BCUT2D eigenvalue weighted by Gasteiger charge is 2.15. The SMILES string of the molecule is CCn1ncc(Sc2ccc(Cl)cc2)c1-c1ccc2cc(C(=O)OC)ncc2c1. The maximum Gasteiger partial charge on any atom is 0.356 e. The van der Waals surface area contributed by atoms with Crippen LogP contribution in [-0.2, 0) is 11.3 Å². The fourth-order valence-corrected chi connectivity index (χ4v) is 4.18. The Bertz CT molecular complexity index is 1190. The molecule has 0 unspecified atom stereocenters. The third-order valence-corrected chi connectivity index (χ3v) is 5.82. The van der Waals surface area contributed by atoms with Gasteiger partial charge in [0, 0.05) is 33.6 Å². The van der Waals surface area contributed by atoms with Gasteiger partial charge in [-0.2, -0.15) is 5.10 Å². The van der Waals surface area contributed by atoms with Crippen molar-refractivity contribution < 1.29 is 9.53 Å². The molecule has 7 heteroatoms. The van der Waals surface area contributed by atoms with Crippen molar-refractivity contribution in [1.82, 2.24) is 14.8 Å². The molecule has 2 aromatic heterocycles. The van der Waals surface area contributed by atoms with Gasteiger partial charge in [-0.05, 0) is 48.7 Å². The molecular weight excluding hydrogens is 406 g/mol. The molecule has 0 saturated carbocycles. The lowest BCUT2D eigenvalue weighted by molar-refractivity contribution is 0.0594. The topological polar surface area (TPSA) is 57.0 Å². The maximum atomic E-state index is 11.7. The number of esters is 1. The van der Waals surface area contributed by atoms with E-state index in [0.29, 0.717) is 10.7 Å². The van der Waals surface area contributed by atoms with Gasteiger partial charge in [0.1, 0.15) is 5.69 Å². The Hall–Kier alpha value is -2.83. The van der Waals surface area contributed by atoms with Crippen LogP contribution in [0.25, 0.3) is 22.0 Å². The summed E-state index contributed by atoms with van der Waals surface area (Å²) in [7, 11) is 1.35. The Morgan fingerprint density at radius 1 is 1.10 bits per heavy atom. The van der Waals surface area contributed by atoms with E-state index >= 15 is 0 Å². The largest absolute Gasteiger partial charge is 0.464 e. The first-order chi connectivity index (χ1) is 14.1. The Kier molecular flexibility index (Phi) is 5.56. The summed E-state index contributed by atoms with van der Waals surface area (Å²) >= 11 is 7.65. The van der Waals surface area contributed by atoms with Crippen LogP contribution in [0.2, 0.25) is 5.02 Å². The number of aryl methyl sites for hydroxylation is 1. The van der Waals surface area contributed by atoms with Crippen molar-refractivity contribution in [3.8, 4) is 11.3 Å². The van der Waals surface area contributed by atoms with Crippen molar-refractivity contribution in [3.05, 3.63) is 71.6 Å². The lowest BCUT2D eigenvalue weighted by Gasteiger charge is -2.10. The number of benzene rings is 2. The average Bonchev–Trinajstić information content (AvgIpc) is 3.16. The van der Waals surface area contributed by atoms with Crippen LogP contribution in [0, 0.1) is 0 Å². The predicted octanol–water partition coefficient (Wildman–Crippen LogP) is 5.71. The first kappa shape index (κ1) is 19.5. The molecule has 0 aliphatic rings. The molecule has 0 fully saturated rings. The van der Waals surface area contributed by atoms with E-state index in [1.54, 1.807) is 24.0 Å². The van der Waals surface area contributed by atoms with Gasteiger partial charge in [-0.1, -0.05) is 35.5 Å². The van der Waals surface area contributed by atoms with E-state index < -0.39 is 5.97 Å². The highest BCUT2D eigenvalue weighted by Crippen LogP contribution is 2.37. The highest BCUT2D eigenvalue weighted by atomic mass is 35.5. The minimum Gasteiger partial charge on any atom is -0.464 e. The number of halogens is 1. The number of pyridine rings is 1. The third kappa shape index (κ3) is 3.99. The standard InChI is InChI=1S/C22H18ClN3O2S/c1-3-26-21(20(13-25-26)29-18-8-6-17(23)7-9-18)15-5-4-14-11-19(22(27)28-2)24-12-16(14)10-15/h4-13H,3H2,1-2H3. The molecule has 0 aliphatic heterocycles. The lowest BCUT2D eigenvalue weighted by atomic mass is 10.1. The zero-order valence-electron chi connectivity index (χ0n) is 15.9. The molecule has 2 aromatic carbocycles. The molecule has 0 aliphatic carbocycles. The van der Waals surface area contributed by atoms with Crippen molar-refractivity contribution in [2.75, 3.05) is 7.11 Å². The van der Waals surface area contributed by atoms with Crippen LogP contribution in [0.3, 0.4) is 0 Å². The quantitative estimate of drug-likeness (QED) is 0.385. The minimum absolute atomic E-state index is 0.297. The number of carbonyl (C=O) groups is 1. The number of ether oxygens (including phenoxy) is 1. The summed E-state index contributed by atoms with van der Waals surface area (Å²) in [6, 6.07) is 15.6. The fourth-order valence-electron chi connectivity index (χ4n) is 3.11. The monoisotopic (exact) mass is 423 g/mol. The average molecular weight is 424 g/mol. The molecule has 0 radical (unpaired) electrons. The summed E-state index contributed by atoms with van der Waals surface area (Å²) in [5, 5.41) is 7.14.